The zero-order valence-electron chi connectivity index (χ0n) is 11.0. The maximum atomic E-state index is 11.7. The molecule has 0 aliphatic heterocycles. The molecule has 2 aromatic rings. The standard InChI is InChI=1S/C13H14N2O6/c16-9(12(18)19)5-6-14-11(17)7-15-8-3-1-2-4-10(8)21-13(15)20/h1-4,9,16H,5-7H2,(H,14,17)(H,18,19). The molecule has 1 atom stereocenters. The lowest BCUT2D eigenvalue weighted by molar-refractivity contribution is -0.147. The second-order valence-electron chi connectivity index (χ2n) is 4.41. The van der Waals surface area contributed by atoms with Gasteiger partial charge in [0, 0.05) is 13.0 Å². The molecule has 0 saturated heterocycles. The number of fused-ring (bicyclic) bond motifs is 1. The molecule has 1 heterocycles. The summed E-state index contributed by atoms with van der Waals surface area (Å²) in [7, 11) is 0. The lowest BCUT2D eigenvalue weighted by atomic mass is 10.2. The van der Waals surface area contributed by atoms with Crippen molar-refractivity contribution in [3.8, 4) is 0 Å². The number of nitrogens with one attached hydrogen (secondary N) is 1. The van der Waals surface area contributed by atoms with Crippen LogP contribution in [-0.4, -0.2) is 39.3 Å². The fourth-order valence-electron chi connectivity index (χ4n) is 1.83. The number of amides is 1. The third-order valence-electron chi connectivity index (χ3n) is 2.90. The average Bonchev–Trinajstić information content (AvgIpc) is 2.75. The molecule has 0 bridgehead atoms. The van der Waals surface area contributed by atoms with Gasteiger partial charge in [0.05, 0.1) is 5.52 Å². The van der Waals surface area contributed by atoms with Crippen molar-refractivity contribution in [2.75, 3.05) is 6.54 Å². The van der Waals surface area contributed by atoms with E-state index in [-0.39, 0.29) is 19.5 Å². The molecule has 0 spiro atoms. The molecule has 1 aromatic heterocycles. The van der Waals surface area contributed by atoms with Gasteiger partial charge in [-0.05, 0) is 12.1 Å². The summed E-state index contributed by atoms with van der Waals surface area (Å²) in [5.74, 6) is -2.46. The van der Waals surface area contributed by atoms with E-state index in [4.69, 9.17) is 14.6 Å². The van der Waals surface area contributed by atoms with E-state index in [1.165, 1.54) is 4.57 Å². The zero-order chi connectivity index (χ0) is 15.4. The van der Waals surface area contributed by atoms with Crippen molar-refractivity contribution in [2.45, 2.75) is 19.1 Å². The number of carbonyl (C=O) groups excluding carboxylic acids is 1. The number of hydrogen-bond donors (Lipinski definition) is 3. The van der Waals surface area contributed by atoms with Gasteiger partial charge >= 0.3 is 11.7 Å². The second kappa shape index (κ2) is 6.23. The molecule has 0 saturated carbocycles. The zero-order valence-corrected chi connectivity index (χ0v) is 11.0. The van der Waals surface area contributed by atoms with E-state index in [1.807, 2.05) is 0 Å². The van der Waals surface area contributed by atoms with Crippen LogP contribution in [0.15, 0.2) is 33.5 Å². The number of aromatic nitrogens is 1. The minimum Gasteiger partial charge on any atom is -0.479 e. The topological polar surface area (TPSA) is 122 Å². The number of carbonyl (C=O) groups is 2. The van der Waals surface area contributed by atoms with Crippen molar-refractivity contribution < 1.29 is 24.2 Å². The van der Waals surface area contributed by atoms with Crippen LogP contribution in [0.1, 0.15) is 6.42 Å². The van der Waals surface area contributed by atoms with Crippen molar-refractivity contribution in [1.29, 1.82) is 0 Å². The van der Waals surface area contributed by atoms with Gasteiger partial charge in [0.15, 0.2) is 11.7 Å². The molecular weight excluding hydrogens is 280 g/mol. The quantitative estimate of drug-likeness (QED) is 0.663. The van der Waals surface area contributed by atoms with Crippen molar-refractivity contribution in [3.05, 3.63) is 34.8 Å². The molecule has 0 aliphatic rings. The number of aliphatic hydroxyl groups excluding tert-OH is 1. The van der Waals surface area contributed by atoms with E-state index in [2.05, 4.69) is 5.32 Å². The number of nitrogens with zero attached hydrogens (tertiary/aromatic N) is 1. The van der Waals surface area contributed by atoms with Crippen LogP contribution in [0.3, 0.4) is 0 Å². The maximum absolute atomic E-state index is 11.7. The number of carboxylic acids is 1. The van der Waals surface area contributed by atoms with Crippen molar-refractivity contribution in [3.63, 3.8) is 0 Å². The van der Waals surface area contributed by atoms with Gasteiger partial charge in [0.25, 0.3) is 0 Å². The number of oxazole rings is 1. The fourth-order valence-corrected chi connectivity index (χ4v) is 1.83. The van der Waals surface area contributed by atoms with E-state index in [0.29, 0.717) is 11.1 Å². The first-order valence-corrected chi connectivity index (χ1v) is 6.25. The van der Waals surface area contributed by atoms with Gasteiger partial charge in [-0.25, -0.2) is 9.59 Å². The molecule has 21 heavy (non-hydrogen) atoms. The largest absolute Gasteiger partial charge is 0.479 e. The summed E-state index contributed by atoms with van der Waals surface area (Å²) in [6.45, 7) is -0.240. The van der Waals surface area contributed by atoms with Crippen LogP contribution in [0.25, 0.3) is 11.1 Å². The Bertz CT molecular complexity index is 717. The minimum absolute atomic E-state index is 0.00314. The fraction of sp³-hybridized carbons (Fsp3) is 0.308. The molecule has 8 heteroatoms. The van der Waals surface area contributed by atoms with E-state index in [0.717, 1.165) is 0 Å². The summed E-state index contributed by atoms with van der Waals surface area (Å²) < 4.78 is 6.16. The first-order valence-electron chi connectivity index (χ1n) is 6.25. The lowest BCUT2D eigenvalue weighted by Gasteiger charge is -2.07. The highest BCUT2D eigenvalue weighted by molar-refractivity contribution is 5.79. The second-order valence-corrected chi connectivity index (χ2v) is 4.41. The molecule has 0 fully saturated rings. The van der Waals surface area contributed by atoms with Gasteiger partial charge in [0.1, 0.15) is 6.54 Å². The van der Waals surface area contributed by atoms with Gasteiger partial charge in [0.2, 0.25) is 5.91 Å². The summed E-state index contributed by atoms with van der Waals surface area (Å²) in [6.07, 6.45) is -1.63. The molecule has 1 unspecified atom stereocenters. The Morgan fingerprint density at radius 2 is 2.05 bits per heavy atom. The normalized spacial score (nSPS) is 12.2. The molecule has 1 aromatic carbocycles. The number of aliphatic hydroxyl groups is 1. The van der Waals surface area contributed by atoms with Gasteiger partial charge in [-0.2, -0.15) is 0 Å². The van der Waals surface area contributed by atoms with Gasteiger partial charge < -0.3 is 19.9 Å². The van der Waals surface area contributed by atoms with Crippen molar-refractivity contribution >= 4 is 23.0 Å². The number of hydrogen-bond acceptors (Lipinski definition) is 5. The van der Waals surface area contributed by atoms with Gasteiger partial charge in [-0.1, -0.05) is 12.1 Å². The number of carboxylic acid groups (broad SMARTS) is 1. The maximum Gasteiger partial charge on any atom is 0.420 e. The first-order chi connectivity index (χ1) is 9.99. The summed E-state index contributed by atoms with van der Waals surface area (Å²) in [5, 5.41) is 20.0. The highest BCUT2D eigenvalue weighted by atomic mass is 16.4. The predicted octanol–water partition coefficient (Wildman–Crippen LogP) is -0.454. The number of rotatable bonds is 6. The van der Waals surface area contributed by atoms with Crippen LogP contribution >= 0.6 is 0 Å². The summed E-state index contributed by atoms with van der Waals surface area (Å²) in [6, 6.07) is 6.70. The van der Waals surface area contributed by atoms with Crippen LogP contribution in [-0.2, 0) is 16.1 Å². The number of benzene rings is 1. The van der Waals surface area contributed by atoms with Crippen LogP contribution in [0.4, 0.5) is 0 Å². The van der Waals surface area contributed by atoms with Crippen molar-refractivity contribution in [2.24, 2.45) is 0 Å². The lowest BCUT2D eigenvalue weighted by Crippen LogP contribution is -2.34. The molecule has 112 valence electrons. The highest BCUT2D eigenvalue weighted by Crippen LogP contribution is 2.11. The summed E-state index contributed by atoms with van der Waals surface area (Å²) >= 11 is 0. The average molecular weight is 294 g/mol. The van der Waals surface area contributed by atoms with E-state index >= 15 is 0 Å². The minimum atomic E-state index is -1.53. The summed E-state index contributed by atoms with van der Waals surface area (Å²) in [4.78, 5) is 33.8. The molecule has 0 radical (unpaired) electrons. The molecule has 3 N–H and O–H groups in total. The number of aliphatic carboxylic acids is 1. The smallest absolute Gasteiger partial charge is 0.420 e. The summed E-state index contributed by atoms with van der Waals surface area (Å²) in [5.41, 5.74) is 0.889. The Balaban J connectivity index is 1.97. The molecule has 0 aliphatic carbocycles. The third kappa shape index (κ3) is 3.48. The van der Waals surface area contributed by atoms with E-state index in [1.54, 1.807) is 24.3 Å². The number of para-hydroxylation sites is 2. The Hall–Kier alpha value is -2.61. The molecular formula is C13H14N2O6. The molecule has 2 rings (SSSR count). The molecule has 1 amide bonds. The van der Waals surface area contributed by atoms with Crippen LogP contribution in [0.5, 0.6) is 0 Å². The first kappa shape index (κ1) is 14.8. The van der Waals surface area contributed by atoms with Crippen LogP contribution in [0, 0.1) is 0 Å². The monoisotopic (exact) mass is 294 g/mol. The van der Waals surface area contributed by atoms with E-state index < -0.39 is 23.7 Å². The molecule has 8 nitrogen and oxygen atoms in total. The Labute approximate surface area is 118 Å². The van der Waals surface area contributed by atoms with Crippen molar-refractivity contribution in [1.82, 2.24) is 9.88 Å². The predicted molar refractivity (Wildman–Crippen MR) is 71.7 cm³/mol. The van der Waals surface area contributed by atoms with Gasteiger partial charge in [-0.3, -0.25) is 9.36 Å². The Morgan fingerprint density at radius 3 is 2.76 bits per heavy atom. The van der Waals surface area contributed by atoms with Crippen LogP contribution < -0.4 is 11.1 Å². The van der Waals surface area contributed by atoms with Gasteiger partial charge in [-0.15, -0.1) is 0 Å². The third-order valence-corrected chi connectivity index (χ3v) is 2.90. The SMILES string of the molecule is O=C(Cn1c(=O)oc2ccccc21)NCCC(O)C(=O)O. The highest BCUT2D eigenvalue weighted by Gasteiger charge is 2.14. The Morgan fingerprint density at radius 1 is 1.33 bits per heavy atom. The Kier molecular flexibility index (Phi) is 4.39. The van der Waals surface area contributed by atoms with Crippen LogP contribution in [0.2, 0.25) is 0 Å². The van der Waals surface area contributed by atoms with E-state index in [9.17, 15) is 14.4 Å².